The molecule has 0 amide bonds. The number of nitrogens with one attached hydrogen (secondary N) is 2. The fourth-order valence-corrected chi connectivity index (χ4v) is 2.86. The van der Waals surface area contributed by atoms with Crippen molar-refractivity contribution >= 4 is 27.2 Å². The summed E-state index contributed by atoms with van der Waals surface area (Å²) in [4.78, 5) is 5.99. The quantitative estimate of drug-likeness (QED) is 0.883. The van der Waals surface area contributed by atoms with E-state index in [1.165, 1.54) is 12.3 Å². The molecule has 0 aliphatic carbocycles. The van der Waals surface area contributed by atoms with Gasteiger partial charge in [-0.3, -0.25) is 4.72 Å². The van der Waals surface area contributed by atoms with Crippen LogP contribution in [0.2, 0.25) is 0 Å². The molecule has 0 saturated heterocycles. The van der Waals surface area contributed by atoms with E-state index < -0.39 is 10.0 Å². The molecule has 0 atom stereocenters. The number of hydrogen-bond donors (Lipinski definition) is 2. The van der Waals surface area contributed by atoms with E-state index >= 15 is 0 Å². The van der Waals surface area contributed by atoms with Gasteiger partial charge in [-0.05, 0) is 24.3 Å². The Labute approximate surface area is 124 Å². The van der Waals surface area contributed by atoms with E-state index in [-0.39, 0.29) is 4.90 Å². The number of rotatable bonds is 5. The highest BCUT2D eigenvalue weighted by Gasteiger charge is 2.16. The third-order valence-corrected chi connectivity index (χ3v) is 4.28. The summed E-state index contributed by atoms with van der Waals surface area (Å²) in [5, 5.41) is 2.85. The maximum atomic E-state index is 12.4. The minimum absolute atomic E-state index is 0.120. The average Bonchev–Trinajstić information content (AvgIpc) is 2.47. The van der Waals surface area contributed by atoms with Crippen LogP contribution in [-0.4, -0.2) is 34.5 Å². The third kappa shape index (κ3) is 3.43. The SMILES string of the molecule is CNc1ccc(S(=O)(=O)Nc2ccccc2N(C)C)cn1. The lowest BCUT2D eigenvalue weighted by molar-refractivity contribution is 0.601. The van der Waals surface area contributed by atoms with Gasteiger partial charge in [0.25, 0.3) is 10.0 Å². The minimum Gasteiger partial charge on any atom is -0.376 e. The zero-order valence-electron chi connectivity index (χ0n) is 12.2. The Balaban J connectivity index is 2.33. The van der Waals surface area contributed by atoms with Gasteiger partial charge in [-0.2, -0.15) is 0 Å². The van der Waals surface area contributed by atoms with Crippen molar-refractivity contribution < 1.29 is 8.42 Å². The molecule has 2 rings (SSSR count). The van der Waals surface area contributed by atoms with E-state index in [0.29, 0.717) is 11.5 Å². The number of hydrogen-bond acceptors (Lipinski definition) is 5. The molecule has 21 heavy (non-hydrogen) atoms. The Hall–Kier alpha value is -2.28. The van der Waals surface area contributed by atoms with Gasteiger partial charge in [0.15, 0.2) is 0 Å². The zero-order chi connectivity index (χ0) is 15.5. The van der Waals surface area contributed by atoms with Gasteiger partial charge in [-0.15, -0.1) is 0 Å². The summed E-state index contributed by atoms with van der Waals surface area (Å²) in [6.07, 6.45) is 1.33. The normalized spacial score (nSPS) is 11.0. The van der Waals surface area contributed by atoms with E-state index in [1.54, 1.807) is 25.2 Å². The molecule has 1 aromatic heterocycles. The summed E-state index contributed by atoms with van der Waals surface area (Å²) >= 11 is 0. The van der Waals surface area contributed by atoms with E-state index in [0.717, 1.165) is 5.69 Å². The van der Waals surface area contributed by atoms with Crippen LogP contribution in [0.5, 0.6) is 0 Å². The van der Waals surface area contributed by atoms with Crippen molar-refractivity contribution in [2.24, 2.45) is 0 Å². The Morgan fingerprint density at radius 2 is 1.81 bits per heavy atom. The molecule has 0 unspecified atom stereocenters. The number of anilines is 3. The van der Waals surface area contributed by atoms with Crippen molar-refractivity contribution in [1.82, 2.24) is 4.98 Å². The predicted octanol–water partition coefficient (Wildman–Crippen LogP) is 1.99. The van der Waals surface area contributed by atoms with Crippen LogP contribution in [0.15, 0.2) is 47.5 Å². The van der Waals surface area contributed by atoms with E-state index in [4.69, 9.17) is 0 Å². The lowest BCUT2D eigenvalue weighted by Gasteiger charge is -2.18. The Kier molecular flexibility index (Phi) is 4.32. The van der Waals surface area contributed by atoms with Gasteiger partial charge < -0.3 is 10.2 Å². The Morgan fingerprint density at radius 1 is 1.10 bits per heavy atom. The summed E-state index contributed by atoms with van der Waals surface area (Å²) in [5.74, 6) is 0.614. The maximum Gasteiger partial charge on any atom is 0.263 e. The molecule has 0 radical (unpaired) electrons. The van der Waals surface area contributed by atoms with Gasteiger partial charge in [-0.25, -0.2) is 13.4 Å². The standard InChI is InChI=1S/C14H18N4O2S/c1-15-14-9-8-11(10-16-14)21(19,20)17-12-6-4-5-7-13(12)18(2)3/h4-10,17H,1-3H3,(H,15,16). The van der Waals surface area contributed by atoms with E-state index in [1.807, 2.05) is 31.1 Å². The van der Waals surface area contributed by atoms with Crippen molar-refractivity contribution in [2.45, 2.75) is 4.90 Å². The maximum absolute atomic E-state index is 12.4. The fraction of sp³-hybridized carbons (Fsp3) is 0.214. The predicted molar refractivity (Wildman–Crippen MR) is 85.4 cm³/mol. The molecule has 112 valence electrons. The highest BCUT2D eigenvalue weighted by Crippen LogP contribution is 2.26. The molecule has 0 spiro atoms. The number of para-hydroxylation sites is 2. The molecule has 6 nitrogen and oxygen atoms in total. The van der Waals surface area contributed by atoms with E-state index in [2.05, 4.69) is 15.0 Å². The number of benzene rings is 1. The van der Waals surface area contributed by atoms with Gasteiger partial charge >= 0.3 is 0 Å². The summed E-state index contributed by atoms with van der Waals surface area (Å²) in [6, 6.07) is 10.3. The van der Waals surface area contributed by atoms with Crippen LogP contribution in [0.25, 0.3) is 0 Å². The van der Waals surface area contributed by atoms with Crippen LogP contribution in [0.1, 0.15) is 0 Å². The summed E-state index contributed by atoms with van der Waals surface area (Å²) < 4.78 is 27.4. The lowest BCUT2D eigenvalue weighted by atomic mass is 10.2. The number of nitrogens with zero attached hydrogens (tertiary/aromatic N) is 2. The lowest BCUT2D eigenvalue weighted by Crippen LogP contribution is -2.17. The number of sulfonamides is 1. The van der Waals surface area contributed by atoms with Gasteiger partial charge in [0.1, 0.15) is 10.7 Å². The highest BCUT2D eigenvalue weighted by atomic mass is 32.2. The second-order valence-corrected chi connectivity index (χ2v) is 6.33. The first-order valence-electron chi connectivity index (χ1n) is 6.37. The van der Waals surface area contributed by atoms with Gasteiger partial charge in [0.05, 0.1) is 11.4 Å². The summed E-state index contributed by atoms with van der Waals surface area (Å²) in [7, 11) is 1.78. The molecular weight excluding hydrogens is 288 g/mol. The Morgan fingerprint density at radius 3 is 2.38 bits per heavy atom. The van der Waals surface area contributed by atoms with Crippen LogP contribution in [-0.2, 0) is 10.0 Å². The monoisotopic (exact) mass is 306 g/mol. The van der Waals surface area contributed by atoms with Crippen LogP contribution in [0, 0.1) is 0 Å². The van der Waals surface area contributed by atoms with Crippen molar-refractivity contribution in [2.75, 3.05) is 36.1 Å². The molecule has 0 saturated carbocycles. The van der Waals surface area contributed by atoms with Gasteiger partial charge in [0, 0.05) is 27.3 Å². The molecular formula is C14H18N4O2S. The van der Waals surface area contributed by atoms with E-state index in [9.17, 15) is 8.42 Å². The van der Waals surface area contributed by atoms with Crippen LogP contribution < -0.4 is 14.9 Å². The van der Waals surface area contributed by atoms with Crippen LogP contribution >= 0.6 is 0 Å². The summed E-state index contributed by atoms with van der Waals surface area (Å²) in [5.41, 5.74) is 1.32. The minimum atomic E-state index is -3.66. The first kappa shape index (κ1) is 15.1. The second-order valence-electron chi connectivity index (χ2n) is 4.65. The first-order valence-corrected chi connectivity index (χ1v) is 7.85. The average molecular weight is 306 g/mol. The van der Waals surface area contributed by atoms with Crippen molar-refractivity contribution in [3.63, 3.8) is 0 Å². The molecule has 1 heterocycles. The van der Waals surface area contributed by atoms with Crippen LogP contribution in [0.3, 0.4) is 0 Å². The molecule has 0 fully saturated rings. The molecule has 2 N–H and O–H groups in total. The smallest absolute Gasteiger partial charge is 0.263 e. The molecule has 7 heteroatoms. The molecule has 0 bridgehead atoms. The highest BCUT2D eigenvalue weighted by molar-refractivity contribution is 7.92. The van der Waals surface area contributed by atoms with Crippen molar-refractivity contribution in [1.29, 1.82) is 0 Å². The number of aromatic nitrogens is 1. The van der Waals surface area contributed by atoms with Gasteiger partial charge in [-0.1, -0.05) is 12.1 Å². The fourth-order valence-electron chi connectivity index (χ4n) is 1.84. The molecule has 0 aliphatic heterocycles. The third-order valence-electron chi connectivity index (χ3n) is 2.93. The molecule has 0 aliphatic rings. The van der Waals surface area contributed by atoms with Gasteiger partial charge in [0.2, 0.25) is 0 Å². The molecule has 2 aromatic rings. The van der Waals surface area contributed by atoms with Crippen molar-refractivity contribution in [3.8, 4) is 0 Å². The zero-order valence-corrected chi connectivity index (χ0v) is 13.0. The number of pyridine rings is 1. The largest absolute Gasteiger partial charge is 0.376 e. The topological polar surface area (TPSA) is 74.3 Å². The van der Waals surface area contributed by atoms with Crippen molar-refractivity contribution in [3.05, 3.63) is 42.6 Å². The Bertz CT molecular complexity index is 712. The van der Waals surface area contributed by atoms with Crippen LogP contribution in [0.4, 0.5) is 17.2 Å². The molecule has 1 aromatic carbocycles. The first-order chi connectivity index (χ1) is 9.94. The second kappa shape index (κ2) is 6.01. The summed E-state index contributed by atoms with van der Waals surface area (Å²) in [6.45, 7) is 0.